The Morgan fingerprint density at radius 3 is 2.39 bits per heavy atom. The number of pyridine rings is 1. The third-order valence-electron chi connectivity index (χ3n) is 6.35. The highest BCUT2D eigenvalue weighted by Gasteiger charge is 2.24. The maximum atomic E-state index is 4.57. The van der Waals surface area contributed by atoms with Crippen molar-refractivity contribution in [1.82, 2.24) is 9.99 Å². The zero-order chi connectivity index (χ0) is 22.2. The molecule has 3 heterocycles. The first kappa shape index (κ1) is 19.6. The van der Waals surface area contributed by atoms with Crippen LogP contribution in [0.25, 0.3) is 11.3 Å². The third-order valence-corrected chi connectivity index (χ3v) is 6.35. The minimum Gasteiger partial charge on any atom is -0.311 e. The lowest BCUT2D eigenvalue weighted by Gasteiger charge is -2.29. The van der Waals surface area contributed by atoms with E-state index >= 15 is 0 Å². The van der Waals surface area contributed by atoms with Gasteiger partial charge < -0.3 is 9.80 Å². The van der Waals surface area contributed by atoms with E-state index < -0.39 is 0 Å². The molecule has 4 aromatic rings. The Balaban J connectivity index is 1.52. The number of para-hydroxylation sites is 1. The van der Waals surface area contributed by atoms with Crippen molar-refractivity contribution in [2.75, 3.05) is 23.5 Å². The fraction of sp³-hybridized carbons (Fsp3) is 0.143. The van der Waals surface area contributed by atoms with Gasteiger partial charge in [-0.2, -0.15) is 5.10 Å². The molecule has 0 spiro atoms. The van der Waals surface area contributed by atoms with Crippen LogP contribution in [-0.2, 0) is 12.8 Å². The minimum absolute atomic E-state index is 0.754. The number of aryl methyl sites for hydroxylation is 2. The van der Waals surface area contributed by atoms with Crippen LogP contribution in [0, 0.1) is 0 Å². The van der Waals surface area contributed by atoms with Gasteiger partial charge in [-0.25, -0.2) is 0 Å². The van der Waals surface area contributed by atoms with Crippen LogP contribution in [0.15, 0.2) is 96.2 Å². The van der Waals surface area contributed by atoms with Crippen molar-refractivity contribution in [1.29, 1.82) is 0 Å². The van der Waals surface area contributed by atoms with Gasteiger partial charge >= 0.3 is 0 Å². The molecule has 0 saturated carbocycles. The first-order valence-corrected chi connectivity index (χ1v) is 11.3. The van der Waals surface area contributed by atoms with Crippen LogP contribution in [0.5, 0.6) is 0 Å². The van der Waals surface area contributed by atoms with Crippen LogP contribution in [0.1, 0.15) is 11.1 Å². The molecule has 1 aromatic heterocycles. The van der Waals surface area contributed by atoms with Crippen LogP contribution < -0.4 is 9.80 Å². The van der Waals surface area contributed by atoms with Crippen LogP contribution in [-0.4, -0.2) is 30.0 Å². The molecule has 0 aliphatic carbocycles. The Labute approximate surface area is 194 Å². The molecular weight excluding hydrogens is 406 g/mol. The molecule has 5 nitrogen and oxygen atoms in total. The Bertz CT molecular complexity index is 1330. The van der Waals surface area contributed by atoms with Crippen LogP contribution in [0.3, 0.4) is 0 Å². The summed E-state index contributed by atoms with van der Waals surface area (Å²) >= 11 is 0. The molecule has 2 aliphatic rings. The van der Waals surface area contributed by atoms with E-state index in [9.17, 15) is 0 Å². The Morgan fingerprint density at radius 2 is 1.58 bits per heavy atom. The van der Waals surface area contributed by atoms with Gasteiger partial charge in [-0.3, -0.25) is 9.99 Å². The summed E-state index contributed by atoms with van der Waals surface area (Å²) in [6.45, 7) is 0.754. The number of nitrogens with zero attached hydrogens (tertiary/aromatic N) is 5. The highest BCUT2D eigenvalue weighted by atomic mass is 15.6. The average Bonchev–Trinajstić information content (AvgIpc) is 3.23. The molecule has 0 atom stereocenters. The van der Waals surface area contributed by atoms with E-state index in [2.05, 4.69) is 92.7 Å². The van der Waals surface area contributed by atoms with Gasteiger partial charge in [-0.05, 0) is 66.4 Å². The average molecular weight is 432 g/mol. The fourth-order valence-electron chi connectivity index (χ4n) is 4.70. The van der Waals surface area contributed by atoms with Gasteiger partial charge in [0.15, 0.2) is 0 Å². The highest BCUT2D eigenvalue weighted by molar-refractivity contribution is 5.87. The van der Waals surface area contributed by atoms with Crippen molar-refractivity contribution >= 4 is 29.1 Å². The second-order valence-electron chi connectivity index (χ2n) is 8.54. The summed E-state index contributed by atoms with van der Waals surface area (Å²) in [5.74, 6) is 0. The molecule has 0 amide bonds. The van der Waals surface area contributed by atoms with Gasteiger partial charge in [-0.1, -0.05) is 42.5 Å². The quantitative estimate of drug-likeness (QED) is 0.400. The van der Waals surface area contributed by atoms with Crippen molar-refractivity contribution in [3.8, 4) is 11.3 Å². The van der Waals surface area contributed by atoms with Crippen LogP contribution >= 0.6 is 0 Å². The van der Waals surface area contributed by atoms with Gasteiger partial charge in [0.25, 0.3) is 0 Å². The molecule has 162 valence electrons. The number of aromatic nitrogens is 1. The van der Waals surface area contributed by atoms with Crippen molar-refractivity contribution < 1.29 is 0 Å². The molecule has 0 saturated heterocycles. The summed E-state index contributed by atoms with van der Waals surface area (Å²) in [4.78, 5) is 9.16. The minimum atomic E-state index is 0.754. The highest BCUT2D eigenvalue weighted by Crippen LogP contribution is 2.43. The topological polar surface area (TPSA) is 35.0 Å². The van der Waals surface area contributed by atoms with Crippen molar-refractivity contribution in [2.24, 2.45) is 5.10 Å². The molecule has 6 rings (SSSR count). The second kappa shape index (κ2) is 8.10. The largest absolute Gasteiger partial charge is 0.311 e. The summed E-state index contributed by atoms with van der Waals surface area (Å²) in [5.41, 5.74) is 9.54. The lowest BCUT2D eigenvalue weighted by Crippen LogP contribution is -2.24. The van der Waals surface area contributed by atoms with Gasteiger partial charge in [0, 0.05) is 35.9 Å². The van der Waals surface area contributed by atoms with Gasteiger partial charge in [0.05, 0.1) is 11.4 Å². The van der Waals surface area contributed by atoms with E-state index in [0.29, 0.717) is 0 Å². The monoisotopic (exact) mass is 431 g/mol. The molecule has 2 aliphatic heterocycles. The molecule has 0 N–H and O–H groups in total. The van der Waals surface area contributed by atoms with Crippen molar-refractivity contribution in [3.63, 3.8) is 0 Å². The predicted molar refractivity (Wildman–Crippen MR) is 135 cm³/mol. The first-order valence-electron chi connectivity index (χ1n) is 11.3. The number of rotatable bonds is 3. The van der Waals surface area contributed by atoms with E-state index in [1.165, 1.54) is 22.5 Å². The number of anilines is 4. The normalized spacial score (nSPS) is 14.8. The van der Waals surface area contributed by atoms with E-state index in [1.54, 1.807) is 0 Å². The maximum absolute atomic E-state index is 4.57. The van der Waals surface area contributed by atoms with Crippen LogP contribution in [0.2, 0.25) is 0 Å². The Hall–Kier alpha value is -4.12. The van der Waals surface area contributed by atoms with E-state index in [4.69, 9.17) is 0 Å². The number of hydrazone groups is 1. The lowest BCUT2D eigenvalue weighted by atomic mass is 10.0. The molecule has 0 radical (unpaired) electrons. The Morgan fingerprint density at radius 1 is 0.727 bits per heavy atom. The van der Waals surface area contributed by atoms with E-state index in [-0.39, 0.29) is 0 Å². The zero-order valence-electron chi connectivity index (χ0n) is 18.6. The zero-order valence-corrected chi connectivity index (χ0v) is 18.6. The maximum Gasteiger partial charge on any atom is 0.117 e. The van der Waals surface area contributed by atoms with Crippen LogP contribution in [0.4, 0.5) is 22.7 Å². The first-order chi connectivity index (χ1) is 16.3. The smallest absolute Gasteiger partial charge is 0.117 e. The molecule has 0 bridgehead atoms. The second-order valence-corrected chi connectivity index (χ2v) is 8.54. The van der Waals surface area contributed by atoms with Gasteiger partial charge in [0.1, 0.15) is 13.0 Å². The third kappa shape index (κ3) is 3.61. The molecule has 0 unspecified atom stereocenters. The van der Waals surface area contributed by atoms with Crippen molar-refractivity contribution in [3.05, 3.63) is 102 Å². The summed E-state index contributed by atoms with van der Waals surface area (Å²) in [6, 6.07) is 30.3. The molecule has 33 heavy (non-hydrogen) atoms. The number of hydrogen-bond donors (Lipinski definition) is 0. The lowest BCUT2D eigenvalue weighted by molar-refractivity contribution is 0.393. The summed E-state index contributed by atoms with van der Waals surface area (Å²) in [7, 11) is 1.99. The molecule has 5 heteroatoms. The Kier molecular flexibility index (Phi) is 4.80. The van der Waals surface area contributed by atoms with Gasteiger partial charge in [-0.15, -0.1) is 0 Å². The standard InChI is InChI=1S/C28H25N5/c1-31-20-32(19-30-31)24-15-14-22-13-12-21-7-2-3-11-27(21)33(28(22)18-24)25-9-6-8-23(17-25)26-10-4-5-16-29-26/h2-11,14-19H,12-13,20H2,1H3. The van der Waals surface area contributed by atoms with E-state index in [1.807, 2.05) is 36.7 Å². The van der Waals surface area contributed by atoms with Crippen molar-refractivity contribution in [2.45, 2.75) is 12.8 Å². The number of hydrogen-bond acceptors (Lipinski definition) is 5. The predicted octanol–water partition coefficient (Wildman–Crippen LogP) is 5.97. The number of fused-ring (bicyclic) bond motifs is 2. The summed E-state index contributed by atoms with van der Waals surface area (Å²) in [6.07, 6.45) is 5.78. The molecule has 0 fully saturated rings. The fourth-order valence-corrected chi connectivity index (χ4v) is 4.70. The molecular formula is C28H25N5. The summed E-state index contributed by atoms with van der Waals surface area (Å²) in [5, 5.41) is 6.34. The van der Waals surface area contributed by atoms with E-state index in [0.717, 1.165) is 42.1 Å². The van der Waals surface area contributed by atoms with Gasteiger partial charge in [0.2, 0.25) is 0 Å². The summed E-state index contributed by atoms with van der Waals surface area (Å²) < 4.78 is 0. The molecule has 3 aromatic carbocycles. The number of benzene rings is 3. The SMILES string of the molecule is CN1CN(c2ccc3c(c2)N(c2cccc(-c4ccccn4)c2)c2ccccc2CC3)C=N1.